The third kappa shape index (κ3) is 4.67. The van der Waals surface area contributed by atoms with E-state index in [1.165, 1.54) is 24.3 Å². The van der Waals surface area contributed by atoms with Gasteiger partial charge in [0, 0.05) is 10.6 Å². The number of halogens is 4. The molecule has 2 rings (SSSR count). The first-order valence-electron chi connectivity index (χ1n) is 6.94. The van der Waals surface area contributed by atoms with Gasteiger partial charge in [0.2, 0.25) is 21.1 Å². The van der Waals surface area contributed by atoms with Gasteiger partial charge in [0.25, 0.3) is 0 Å². The highest BCUT2D eigenvalue weighted by molar-refractivity contribution is 7.94. The molecule has 0 N–H and O–H groups in total. The van der Waals surface area contributed by atoms with Crippen molar-refractivity contribution in [3.63, 3.8) is 0 Å². The molecule has 12 heteroatoms. The highest BCUT2D eigenvalue weighted by Crippen LogP contribution is 2.30. The van der Waals surface area contributed by atoms with Gasteiger partial charge < -0.3 is 0 Å². The van der Waals surface area contributed by atoms with Crippen molar-refractivity contribution < 1.29 is 39.0 Å². The molecule has 1 atom stereocenters. The fourth-order valence-corrected chi connectivity index (χ4v) is 4.54. The maximum atomic E-state index is 12.7. The van der Waals surface area contributed by atoms with Gasteiger partial charge in [0.15, 0.2) is 0 Å². The average Bonchev–Trinajstić information content (AvgIpc) is 2.59. The molecule has 0 saturated heterocycles. The SMILES string of the molecule is O=C(c1ccccc1)C(OS(=O)(=O)C(F)(F)F)S(=O)(=O)c1cccc(Cl)c1. The van der Waals surface area contributed by atoms with Gasteiger partial charge in [0.05, 0.1) is 4.90 Å². The maximum Gasteiger partial charge on any atom is 0.523 e. The number of sulfone groups is 1. The summed E-state index contributed by atoms with van der Waals surface area (Å²) in [5.41, 5.74) is -9.26. The van der Waals surface area contributed by atoms with Gasteiger partial charge >= 0.3 is 15.6 Å². The lowest BCUT2D eigenvalue weighted by Gasteiger charge is -2.18. The van der Waals surface area contributed by atoms with Gasteiger partial charge in [0.1, 0.15) is 0 Å². The summed E-state index contributed by atoms with van der Waals surface area (Å²) in [4.78, 5) is 11.8. The highest BCUT2D eigenvalue weighted by Gasteiger charge is 2.52. The zero-order chi connectivity index (χ0) is 20.5. The van der Waals surface area contributed by atoms with Crippen molar-refractivity contribution in [3.05, 3.63) is 65.2 Å². The van der Waals surface area contributed by atoms with Gasteiger partial charge in [-0.05, 0) is 18.2 Å². The Kier molecular flexibility index (Phi) is 6.00. The molecule has 0 saturated carbocycles. The smallest absolute Gasteiger partial charge is 0.290 e. The van der Waals surface area contributed by atoms with Crippen molar-refractivity contribution in [2.24, 2.45) is 0 Å². The Balaban J connectivity index is 2.61. The van der Waals surface area contributed by atoms with Gasteiger partial charge in [-0.2, -0.15) is 21.6 Å². The number of Topliss-reactive ketones (excluding diaryl/α,β-unsaturated/α-hetero) is 1. The second kappa shape index (κ2) is 7.58. The summed E-state index contributed by atoms with van der Waals surface area (Å²) in [6.07, 6.45) is 0. The zero-order valence-corrected chi connectivity index (χ0v) is 15.4. The average molecular weight is 443 g/mol. The third-order valence-corrected chi connectivity index (χ3v) is 6.33. The van der Waals surface area contributed by atoms with Crippen LogP contribution in [0.3, 0.4) is 0 Å². The highest BCUT2D eigenvalue weighted by atomic mass is 35.5. The van der Waals surface area contributed by atoms with E-state index in [1.54, 1.807) is 0 Å². The molecule has 1 unspecified atom stereocenters. The van der Waals surface area contributed by atoms with Crippen LogP contribution in [0.2, 0.25) is 5.02 Å². The van der Waals surface area contributed by atoms with Crippen LogP contribution in [0, 0.1) is 0 Å². The lowest BCUT2D eigenvalue weighted by molar-refractivity contribution is -0.0544. The molecule has 0 amide bonds. The lowest BCUT2D eigenvalue weighted by Crippen LogP contribution is -2.39. The Bertz CT molecular complexity index is 1050. The lowest BCUT2D eigenvalue weighted by atomic mass is 10.1. The number of hydrogen-bond donors (Lipinski definition) is 0. The number of carbonyl (C=O) groups excluding carboxylic acids is 1. The van der Waals surface area contributed by atoms with Crippen molar-refractivity contribution >= 4 is 37.3 Å². The summed E-state index contributed by atoms with van der Waals surface area (Å²) in [6.45, 7) is 0. The Morgan fingerprint density at radius 1 is 0.963 bits per heavy atom. The molecule has 146 valence electrons. The molecule has 0 fully saturated rings. The Hall–Kier alpha value is -1.95. The summed E-state index contributed by atoms with van der Waals surface area (Å²) in [5.74, 6) is -1.48. The number of rotatable bonds is 6. The minimum absolute atomic E-state index is 0.0966. The molecule has 0 aliphatic heterocycles. The van der Waals surface area contributed by atoms with Gasteiger partial charge in [-0.25, -0.2) is 12.6 Å². The molecule has 27 heavy (non-hydrogen) atoms. The quantitative estimate of drug-likeness (QED) is 0.387. The van der Waals surface area contributed by atoms with Crippen molar-refractivity contribution in [1.82, 2.24) is 0 Å². The molecular formula is C15H10ClF3O6S2. The van der Waals surface area contributed by atoms with E-state index in [-0.39, 0.29) is 10.6 Å². The molecule has 0 radical (unpaired) electrons. The van der Waals surface area contributed by atoms with E-state index < -0.39 is 41.6 Å². The largest absolute Gasteiger partial charge is 0.523 e. The van der Waals surface area contributed by atoms with E-state index in [9.17, 15) is 34.8 Å². The van der Waals surface area contributed by atoms with Gasteiger partial charge in [-0.1, -0.05) is 48.0 Å². The maximum absolute atomic E-state index is 12.7. The van der Waals surface area contributed by atoms with Crippen LogP contribution in [-0.4, -0.2) is 33.6 Å². The topological polar surface area (TPSA) is 94.6 Å². The predicted molar refractivity (Wildman–Crippen MR) is 89.3 cm³/mol. The molecule has 0 spiro atoms. The minimum Gasteiger partial charge on any atom is -0.290 e. The molecule has 2 aromatic rings. The van der Waals surface area contributed by atoms with Crippen molar-refractivity contribution in [2.45, 2.75) is 15.8 Å². The summed E-state index contributed by atoms with van der Waals surface area (Å²) in [6, 6.07) is 10.5. The Morgan fingerprint density at radius 2 is 1.56 bits per heavy atom. The van der Waals surface area contributed by atoms with E-state index >= 15 is 0 Å². The number of alkyl halides is 3. The molecule has 0 aliphatic rings. The Labute approximate surface area is 157 Å². The van der Waals surface area contributed by atoms with Crippen LogP contribution >= 0.6 is 11.6 Å². The van der Waals surface area contributed by atoms with E-state index in [1.807, 2.05) is 0 Å². The molecule has 0 heterocycles. The zero-order valence-electron chi connectivity index (χ0n) is 13.1. The van der Waals surface area contributed by atoms with Gasteiger partial charge in [-0.15, -0.1) is 0 Å². The van der Waals surface area contributed by atoms with E-state index in [0.717, 1.165) is 30.3 Å². The number of ketones is 1. The van der Waals surface area contributed by atoms with Crippen LogP contribution in [0.5, 0.6) is 0 Å². The number of hydrogen-bond acceptors (Lipinski definition) is 6. The van der Waals surface area contributed by atoms with Gasteiger partial charge in [-0.3, -0.25) is 4.79 Å². The minimum atomic E-state index is -6.38. The summed E-state index contributed by atoms with van der Waals surface area (Å²) >= 11 is 5.67. The van der Waals surface area contributed by atoms with E-state index in [0.29, 0.717) is 0 Å². The molecule has 0 aromatic heterocycles. The van der Waals surface area contributed by atoms with Crippen LogP contribution < -0.4 is 0 Å². The van der Waals surface area contributed by atoms with E-state index in [4.69, 9.17) is 11.6 Å². The Morgan fingerprint density at radius 3 is 2.07 bits per heavy atom. The molecular weight excluding hydrogens is 433 g/mol. The first kappa shape index (κ1) is 21.4. The van der Waals surface area contributed by atoms with Crippen molar-refractivity contribution in [1.29, 1.82) is 0 Å². The number of benzene rings is 2. The second-order valence-corrected chi connectivity index (χ2v) is 9.05. The first-order chi connectivity index (χ1) is 12.4. The normalized spacial score (nSPS) is 13.9. The third-order valence-electron chi connectivity index (χ3n) is 3.18. The molecule has 2 aromatic carbocycles. The van der Waals surface area contributed by atoms with Crippen LogP contribution in [-0.2, 0) is 24.1 Å². The molecule has 6 nitrogen and oxygen atoms in total. The predicted octanol–water partition coefficient (Wildman–Crippen LogP) is 3.19. The van der Waals surface area contributed by atoms with E-state index in [2.05, 4.69) is 4.18 Å². The van der Waals surface area contributed by atoms with Crippen molar-refractivity contribution in [3.8, 4) is 0 Å². The van der Waals surface area contributed by atoms with Crippen LogP contribution in [0.1, 0.15) is 10.4 Å². The second-order valence-electron chi connectivity index (χ2n) is 5.06. The summed E-state index contributed by atoms with van der Waals surface area (Å²) in [5, 5.41) is -0.0966. The molecule has 0 aliphatic carbocycles. The van der Waals surface area contributed by atoms with Crippen molar-refractivity contribution in [2.75, 3.05) is 0 Å². The summed E-state index contributed by atoms with van der Waals surface area (Å²) in [7, 11) is -11.4. The summed E-state index contributed by atoms with van der Waals surface area (Å²) < 4.78 is 89.9. The fraction of sp³-hybridized carbons (Fsp3) is 0.133. The number of carbonyl (C=O) groups is 1. The van der Waals surface area contributed by atoms with Crippen LogP contribution in [0.4, 0.5) is 13.2 Å². The van der Waals surface area contributed by atoms with Crippen LogP contribution in [0.15, 0.2) is 59.5 Å². The standard InChI is InChI=1S/C15H10ClF3O6S2/c16-11-7-4-8-12(9-11)26(21,22)14(25-27(23,24)15(17,18)19)13(20)10-5-2-1-3-6-10/h1-9,14H. The van der Waals surface area contributed by atoms with Crippen LogP contribution in [0.25, 0.3) is 0 Å². The molecule has 0 bridgehead atoms. The fourth-order valence-electron chi connectivity index (χ4n) is 1.91. The first-order valence-corrected chi connectivity index (χ1v) is 10.3. The monoisotopic (exact) mass is 442 g/mol.